The maximum atomic E-state index is 6.29. The lowest BCUT2D eigenvalue weighted by Gasteiger charge is -2.25. The first kappa shape index (κ1) is 12.1. The highest BCUT2D eigenvalue weighted by Gasteiger charge is 2.24. The van der Waals surface area contributed by atoms with Crippen molar-refractivity contribution < 1.29 is 0 Å². The summed E-state index contributed by atoms with van der Waals surface area (Å²) in [5.41, 5.74) is 6.18. The Morgan fingerprint density at radius 3 is 2.57 bits per heavy atom. The number of fused-ring (bicyclic) bond motifs is 5. The molecule has 1 aromatic heterocycles. The molecule has 2 heterocycles. The van der Waals surface area contributed by atoms with E-state index in [1.807, 2.05) is 42.1 Å². The lowest BCUT2D eigenvalue weighted by molar-refractivity contribution is 0.720. The zero-order valence-electron chi connectivity index (χ0n) is 11.7. The van der Waals surface area contributed by atoms with E-state index in [9.17, 15) is 0 Å². The summed E-state index contributed by atoms with van der Waals surface area (Å²) < 4.78 is 1.81. The van der Waals surface area contributed by atoms with Crippen molar-refractivity contribution in [2.24, 2.45) is 12.9 Å². The van der Waals surface area contributed by atoms with Crippen molar-refractivity contribution in [3.63, 3.8) is 0 Å². The zero-order chi connectivity index (χ0) is 14.4. The molecule has 5 nitrogen and oxygen atoms in total. The summed E-state index contributed by atoms with van der Waals surface area (Å²) in [7, 11) is 1.91. The molecule has 0 saturated heterocycles. The fraction of sp³-hybridized carbons (Fsp3) is 0.125. The first-order valence-electron chi connectivity index (χ1n) is 6.85. The van der Waals surface area contributed by atoms with Gasteiger partial charge in [0.05, 0.1) is 17.9 Å². The highest BCUT2D eigenvalue weighted by Crippen LogP contribution is 2.39. The molecule has 1 aliphatic heterocycles. The summed E-state index contributed by atoms with van der Waals surface area (Å²) in [4.78, 5) is 0. The Kier molecular flexibility index (Phi) is 2.55. The molecule has 1 aliphatic rings. The average Bonchev–Trinajstić information content (AvgIpc) is 2.87. The van der Waals surface area contributed by atoms with E-state index in [0.717, 1.165) is 33.8 Å². The van der Waals surface area contributed by atoms with Gasteiger partial charge in [0.1, 0.15) is 5.69 Å². The van der Waals surface area contributed by atoms with E-state index in [1.54, 1.807) is 5.01 Å². The zero-order valence-corrected chi connectivity index (χ0v) is 11.7. The average molecular weight is 277 g/mol. The van der Waals surface area contributed by atoms with Crippen molar-refractivity contribution in [2.75, 3.05) is 5.01 Å². The lowest BCUT2D eigenvalue weighted by Crippen LogP contribution is -2.31. The molecule has 21 heavy (non-hydrogen) atoms. The van der Waals surface area contributed by atoms with E-state index >= 15 is 0 Å². The maximum Gasteiger partial charge on any atom is 0.121 e. The summed E-state index contributed by atoms with van der Waals surface area (Å²) in [6.07, 6.45) is 0. The minimum absolute atomic E-state index is 0.642. The number of hydrazine groups is 1. The minimum atomic E-state index is 0.642. The van der Waals surface area contributed by atoms with Crippen LogP contribution in [0, 0.1) is 0 Å². The molecule has 0 spiro atoms. The monoisotopic (exact) mass is 277 g/mol. The molecule has 0 bridgehead atoms. The quantitative estimate of drug-likeness (QED) is 0.641. The van der Waals surface area contributed by atoms with Gasteiger partial charge in [-0.3, -0.25) is 0 Å². The highest BCUT2D eigenvalue weighted by molar-refractivity contribution is 5.87. The Balaban J connectivity index is 2.11. The summed E-state index contributed by atoms with van der Waals surface area (Å²) in [5.74, 6) is 6.29. The number of nitrogens with zero attached hydrogens (tertiary/aromatic N) is 4. The van der Waals surface area contributed by atoms with E-state index in [2.05, 4.69) is 28.5 Å². The first-order valence-corrected chi connectivity index (χ1v) is 6.85. The third-order valence-corrected chi connectivity index (χ3v) is 3.91. The van der Waals surface area contributed by atoms with Crippen LogP contribution in [0.2, 0.25) is 0 Å². The van der Waals surface area contributed by atoms with E-state index in [4.69, 9.17) is 5.84 Å². The van der Waals surface area contributed by atoms with Gasteiger partial charge in [0.15, 0.2) is 0 Å². The van der Waals surface area contributed by atoms with Crippen molar-refractivity contribution in [2.45, 2.75) is 6.54 Å². The standard InChI is InChI=1S/C16H15N5/c1-20-16-13-8-4-5-9-14(13)21(17)10-11-6-2-3-7-12(11)15(16)18-19-20/h2-9H,10,17H2,1H3. The van der Waals surface area contributed by atoms with Crippen molar-refractivity contribution in [3.05, 3.63) is 54.1 Å². The van der Waals surface area contributed by atoms with Crippen LogP contribution in [0.4, 0.5) is 5.69 Å². The smallest absolute Gasteiger partial charge is 0.121 e. The summed E-state index contributed by atoms with van der Waals surface area (Å²) in [5, 5.41) is 10.4. The van der Waals surface area contributed by atoms with E-state index in [-0.39, 0.29) is 0 Å². The van der Waals surface area contributed by atoms with Gasteiger partial charge in [-0.25, -0.2) is 10.5 Å². The normalized spacial score (nSPS) is 13.0. The number of hydrogen-bond donors (Lipinski definition) is 1. The molecule has 0 atom stereocenters. The van der Waals surface area contributed by atoms with Gasteiger partial charge in [0, 0.05) is 18.2 Å². The lowest BCUT2D eigenvalue weighted by atomic mass is 9.96. The molecular formula is C16H15N5. The Hall–Kier alpha value is -2.66. The van der Waals surface area contributed by atoms with E-state index in [1.165, 1.54) is 0 Å². The number of rotatable bonds is 0. The van der Waals surface area contributed by atoms with Crippen LogP contribution in [0.3, 0.4) is 0 Å². The Morgan fingerprint density at radius 1 is 1.00 bits per heavy atom. The van der Waals surface area contributed by atoms with Gasteiger partial charge in [0.2, 0.25) is 0 Å². The molecule has 0 fully saturated rings. The van der Waals surface area contributed by atoms with Crippen molar-refractivity contribution in [1.29, 1.82) is 0 Å². The summed E-state index contributed by atoms with van der Waals surface area (Å²) >= 11 is 0. The van der Waals surface area contributed by atoms with Gasteiger partial charge in [-0.2, -0.15) is 0 Å². The molecule has 104 valence electrons. The number of nitrogens with two attached hydrogens (primary N) is 1. The van der Waals surface area contributed by atoms with Crippen LogP contribution in [0.1, 0.15) is 5.56 Å². The highest BCUT2D eigenvalue weighted by atomic mass is 15.4. The molecule has 2 N–H and O–H groups in total. The molecule has 0 saturated carbocycles. The van der Waals surface area contributed by atoms with Crippen LogP contribution in [-0.4, -0.2) is 15.0 Å². The molecule has 0 amide bonds. The molecule has 3 aromatic rings. The predicted octanol–water partition coefficient (Wildman–Crippen LogP) is 2.34. The van der Waals surface area contributed by atoms with Gasteiger partial charge in [0.25, 0.3) is 0 Å². The number of aryl methyl sites for hydroxylation is 1. The first-order chi connectivity index (χ1) is 10.3. The molecule has 2 aromatic carbocycles. The largest absolute Gasteiger partial charge is 0.306 e. The van der Waals surface area contributed by atoms with Crippen molar-refractivity contribution in [3.8, 4) is 22.5 Å². The number of anilines is 1. The van der Waals surface area contributed by atoms with E-state index in [0.29, 0.717) is 6.54 Å². The van der Waals surface area contributed by atoms with E-state index < -0.39 is 0 Å². The number of benzene rings is 2. The van der Waals surface area contributed by atoms with Gasteiger partial charge < -0.3 is 5.01 Å². The molecule has 0 unspecified atom stereocenters. The Morgan fingerprint density at radius 2 is 1.71 bits per heavy atom. The SMILES string of the molecule is Cn1nnc2c1-c1ccccc1N(N)Cc1ccccc1-2. The Bertz CT molecular complexity index is 821. The second kappa shape index (κ2) is 4.43. The molecule has 0 aliphatic carbocycles. The van der Waals surface area contributed by atoms with Gasteiger partial charge in [-0.05, 0) is 11.6 Å². The van der Waals surface area contributed by atoms with Crippen LogP contribution in [0.15, 0.2) is 48.5 Å². The van der Waals surface area contributed by atoms with Crippen LogP contribution in [-0.2, 0) is 13.6 Å². The number of para-hydroxylation sites is 1. The Labute approximate surface area is 122 Å². The predicted molar refractivity (Wildman–Crippen MR) is 82.2 cm³/mol. The fourth-order valence-electron chi connectivity index (χ4n) is 2.92. The van der Waals surface area contributed by atoms with Gasteiger partial charge >= 0.3 is 0 Å². The van der Waals surface area contributed by atoms with Crippen LogP contribution < -0.4 is 10.9 Å². The molecule has 4 rings (SSSR count). The van der Waals surface area contributed by atoms with Crippen LogP contribution in [0.25, 0.3) is 22.5 Å². The molecule has 0 radical (unpaired) electrons. The summed E-state index contributed by atoms with van der Waals surface area (Å²) in [6, 6.07) is 16.3. The molecular weight excluding hydrogens is 262 g/mol. The third kappa shape index (κ3) is 1.75. The second-order valence-corrected chi connectivity index (χ2v) is 5.21. The fourth-order valence-corrected chi connectivity index (χ4v) is 2.92. The minimum Gasteiger partial charge on any atom is -0.306 e. The molecule has 5 heteroatoms. The van der Waals surface area contributed by atoms with Crippen molar-refractivity contribution >= 4 is 5.69 Å². The topological polar surface area (TPSA) is 60.0 Å². The van der Waals surface area contributed by atoms with Gasteiger partial charge in [-0.15, -0.1) is 5.10 Å². The van der Waals surface area contributed by atoms with Crippen LogP contribution in [0.5, 0.6) is 0 Å². The third-order valence-electron chi connectivity index (χ3n) is 3.91. The van der Waals surface area contributed by atoms with Crippen LogP contribution >= 0.6 is 0 Å². The number of hydrogen-bond acceptors (Lipinski definition) is 4. The van der Waals surface area contributed by atoms with Crippen molar-refractivity contribution in [1.82, 2.24) is 15.0 Å². The second-order valence-electron chi connectivity index (χ2n) is 5.21. The maximum absolute atomic E-state index is 6.29. The summed E-state index contributed by atoms with van der Waals surface area (Å²) in [6.45, 7) is 0.642. The van der Waals surface area contributed by atoms with Gasteiger partial charge in [-0.1, -0.05) is 47.7 Å². The number of aromatic nitrogens is 3.